The number of hydrogen-bond acceptors (Lipinski definition) is 7. The van der Waals surface area contributed by atoms with Gasteiger partial charge in [-0.3, -0.25) is 10.0 Å². The zero-order chi connectivity index (χ0) is 21.1. The summed E-state index contributed by atoms with van der Waals surface area (Å²) in [5.74, 6) is 1.84. The number of hydroxylamine groups is 1. The molecule has 8 heteroatoms. The fourth-order valence-corrected chi connectivity index (χ4v) is 3.05. The number of carbonyl (C=O) groups excluding carboxylic acids is 1. The number of nitrogens with one attached hydrogen (secondary N) is 1. The van der Waals surface area contributed by atoms with Crippen LogP contribution in [0.15, 0.2) is 66.9 Å². The van der Waals surface area contributed by atoms with Gasteiger partial charge in [0.2, 0.25) is 5.88 Å². The Bertz CT molecular complexity index is 1190. The lowest BCUT2D eigenvalue weighted by Crippen LogP contribution is -2.18. The van der Waals surface area contributed by atoms with E-state index in [2.05, 4.69) is 15.0 Å². The summed E-state index contributed by atoms with van der Waals surface area (Å²) in [7, 11) is 1.95. The lowest BCUT2D eigenvalue weighted by molar-refractivity contribution is 0.0706. The maximum absolute atomic E-state index is 11.3. The first-order chi connectivity index (χ1) is 14.5. The molecule has 0 aliphatic carbocycles. The Morgan fingerprint density at radius 3 is 2.50 bits per heavy atom. The molecule has 2 heterocycles. The summed E-state index contributed by atoms with van der Waals surface area (Å²) in [5, 5.41) is 9.62. The molecule has 0 atom stereocenters. The van der Waals surface area contributed by atoms with Crippen LogP contribution in [0.25, 0.3) is 10.9 Å². The zero-order valence-electron chi connectivity index (χ0n) is 16.4. The Morgan fingerprint density at radius 2 is 1.80 bits per heavy atom. The molecule has 0 aliphatic heterocycles. The highest BCUT2D eigenvalue weighted by molar-refractivity contribution is 5.93. The lowest BCUT2D eigenvalue weighted by Gasteiger charge is -2.20. The van der Waals surface area contributed by atoms with Crippen LogP contribution < -0.4 is 15.1 Å². The zero-order valence-corrected chi connectivity index (χ0v) is 16.4. The van der Waals surface area contributed by atoms with Gasteiger partial charge in [0.1, 0.15) is 17.4 Å². The van der Waals surface area contributed by atoms with Gasteiger partial charge in [-0.2, -0.15) is 0 Å². The molecule has 0 bridgehead atoms. The molecular weight excluding hydrogens is 382 g/mol. The van der Waals surface area contributed by atoms with Gasteiger partial charge in [-0.25, -0.2) is 20.4 Å². The van der Waals surface area contributed by atoms with E-state index in [9.17, 15) is 4.79 Å². The van der Waals surface area contributed by atoms with Crippen LogP contribution in [-0.4, -0.2) is 33.1 Å². The number of pyridine rings is 1. The van der Waals surface area contributed by atoms with Gasteiger partial charge in [0, 0.05) is 30.4 Å². The highest BCUT2D eigenvalue weighted by Crippen LogP contribution is 2.30. The largest absolute Gasteiger partial charge is 0.439 e. The third-order valence-electron chi connectivity index (χ3n) is 4.56. The van der Waals surface area contributed by atoms with Crippen molar-refractivity contribution < 1.29 is 14.7 Å². The van der Waals surface area contributed by atoms with Gasteiger partial charge in [-0.15, -0.1) is 0 Å². The number of rotatable bonds is 5. The molecular formula is C22H19N5O3. The van der Waals surface area contributed by atoms with Crippen LogP contribution in [0.3, 0.4) is 0 Å². The van der Waals surface area contributed by atoms with Gasteiger partial charge in [-0.1, -0.05) is 12.1 Å². The van der Waals surface area contributed by atoms with Crippen molar-refractivity contribution in [2.24, 2.45) is 0 Å². The molecule has 4 rings (SSSR count). The van der Waals surface area contributed by atoms with Gasteiger partial charge in [0.05, 0.1) is 11.1 Å². The van der Waals surface area contributed by atoms with E-state index in [1.807, 2.05) is 67.4 Å². The molecule has 150 valence electrons. The number of nitrogens with zero attached hydrogens (tertiary/aromatic N) is 4. The molecule has 2 aromatic carbocycles. The van der Waals surface area contributed by atoms with Crippen LogP contribution in [0.4, 0.5) is 11.5 Å². The fourth-order valence-electron chi connectivity index (χ4n) is 3.05. The second-order valence-electron chi connectivity index (χ2n) is 6.59. The summed E-state index contributed by atoms with van der Waals surface area (Å²) < 4.78 is 5.73. The number of carbonyl (C=O) groups is 1. The molecule has 2 N–H and O–H groups in total. The molecule has 0 spiro atoms. The Hall–Kier alpha value is -4.04. The highest BCUT2D eigenvalue weighted by atomic mass is 16.5. The third kappa shape index (κ3) is 3.89. The molecule has 30 heavy (non-hydrogen) atoms. The summed E-state index contributed by atoms with van der Waals surface area (Å²) in [6.45, 7) is 1.88. The second kappa shape index (κ2) is 8.14. The van der Waals surface area contributed by atoms with Crippen LogP contribution in [0, 0.1) is 6.92 Å². The van der Waals surface area contributed by atoms with Gasteiger partial charge in [-0.05, 0) is 49.4 Å². The first-order valence-corrected chi connectivity index (χ1v) is 9.20. The predicted molar refractivity (Wildman–Crippen MR) is 112 cm³/mol. The van der Waals surface area contributed by atoms with Gasteiger partial charge in [0.15, 0.2) is 0 Å². The maximum Gasteiger partial charge on any atom is 0.276 e. The molecule has 0 saturated carbocycles. The Balaban J connectivity index is 1.54. The number of para-hydroxylation sites is 1. The van der Waals surface area contributed by atoms with Crippen molar-refractivity contribution in [3.63, 3.8) is 0 Å². The standard InChI is InChI=1S/C22H19N5O3/c1-14-24-19-6-4-3-5-18(19)21(25-14)27(2)16-8-10-17(11-9-16)30-20-12-7-15(13-23-20)22(28)26-29/h3-13,29H,1-2H3,(H,26,28). The van der Waals surface area contributed by atoms with Gasteiger partial charge < -0.3 is 9.64 Å². The fraction of sp³-hybridized carbons (Fsp3) is 0.0909. The van der Waals surface area contributed by atoms with Crippen molar-refractivity contribution in [1.82, 2.24) is 20.4 Å². The molecule has 2 aromatic heterocycles. The normalized spacial score (nSPS) is 10.6. The maximum atomic E-state index is 11.3. The number of amides is 1. The molecule has 0 saturated heterocycles. The third-order valence-corrected chi connectivity index (χ3v) is 4.56. The highest BCUT2D eigenvalue weighted by Gasteiger charge is 2.12. The SMILES string of the molecule is Cc1nc(N(C)c2ccc(Oc3ccc(C(=O)NO)cn3)cc2)c2ccccc2n1. The summed E-state index contributed by atoms with van der Waals surface area (Å²) >= 11 is 0. The van der Waals surface area contributed by atoms with E-state index in [4.69, 9.17) is 9.94 Å². The molecule has 0 aliphatic rings. The van der Waals surface area contributed by atoms with Crippen LogP contribution in [0.1, 0.15) is 16.2 Å². The first-order valence-electron chi connectivity index (χ1n) is 9.20. The summed E-state index contributed by atoms with van der Waals surface area (Å²) in [6, 6.07) is 18.5. The Morgan fingerprint density at radius 1 is 1.03 bits per heavy atom. The molecule has 1 amide bonds. The number of hydrogen-bond donors (Lipinski definition) is 2. The topological polar surface area (TPSA) is 100 Å². The predicted octanol–water partition coefficient (Wildman–Crippen LogP) is 4.01. The number of ether oxygens (including phenoxy) is 1. The van der Waals surface area contributed by atoms with Crippen molar-refractivity contribution in [2.45, 2.75) is 6.92 Å². The summed E-state index contributed by atoms with van der Waals surface area (Å²) in [4.78, 5) is 26.5. The molecule has 4 aromatic rings. The van der Waals surface area contributed by atoms with Crippen molar-refractivity contribution in [3.8, 4) is 11.6 Å². The van der Waals surface area contributed by atoms with Crippen molar-refractivity contribution in [3.05, 3.63) is 78.2 Å². The minimum atomic E-state index is -0.631. The number of benzene rings is 2. The van der Waals surface area contributed by atoms with E-state index in [0.717, 1.165) is 22.4 Å². The average molecular weight is 401 g/mol. The first kappa shape index (κ1) is 19.3. The Kier molecular flexibility index (Phi) is 5.23. The number of anilines is 2. The van der Waals surface area contributed by atoms with Crippen molar-refractivity contribution >= 4 is 28.3 Å². The molecule has 0 radical (unpaired) electrons. The number of aryl methyl sites for hydroxylation is 1. The molecule has 0 fully saturated rings. The monoisotopic (exact) mass is 401 g/mol. The quantitative estimate of drug-likeness (QED) is 0.385. The van der Waals surface area contributed by atoms with E-state index >= 15 is 0 Å². The van der Waals surface area contributed by atoms with Gasteiger partial charge in [0.25, 0.3) is 5.91 Å². The van der Waals surface area contributed by atoms with Crippen LogP contribution in [0.2, 0.25) is 0 Å². The van der Waals surface area contributed by atoms with Crippen LogP contribution >= 0.6 is 0 Å². The van der Waals surface area contributed by atoms with Crippen LogP contribution in [0.5, 0.6) is 11.6 Å². The van der Waals surface area contributed by atoms with E-state index in [1.54, 1.807) is 11.5 Å². The van der Waals surface area contributed by atoms with Crippen LogP contribution in [-0.2, 0) is 0 Å². The van der Waals surface area contributed by atoms with E-state index < -0.39 is 5.91 Å². The van der Waals surface area contributed by atoms with E-state index in [-0.39, 0.29) is 5.56 Å². The number of fused-ring (bicyclic) bond motifs is 1. The summed E-state index contributed by atoms with van der Waals surface area (Å²) in [6.07, 6.45) is 1.32. The summed E-state index contributed by atoms with van der Waals surface area (Å²) in [5.41, 5.74) is 3.63. The minimum absolute atomic E-state index is 0.231. The van der Waals surface area contributed by atoms with Crippen molar-refractivity contribution in [2.75, 3.05) is 11.9 Å². The van der Waals surface area contributed by atoms with E-state index in [0.29, 0.717) is 17.5 Å². The molecule has 8 nitrogen and oxygen atoms in total. The lowest BCUT2D eigenvalue weighted by atomic mass is 10.2. The van der Waals surface area contributed by atoms with E-state index in [1.165, 1.54) is 12.3 Å². The minimum Gasteiger partial charge on any atom is -0.439 e. The Labute approximate surface area is 172 Å². The second-order valence-corrected chi connectivity index (χ2v) is 6.59. The number of aromatic nitrogens is 3. The molecule has 0 unspecified atom stereocenters. The average Bonchev–Trinajstić information content (AvgIpc) is 2.78. The van der Waals surface area contributed by atoms with Crippen molar-refractivity contribution in [1.29, 1.82) is 0 Å². The van der Waals surface area contributed by atoms with Gasteiger partial charge >= 0.3 is 0 Å². The smallest absolute Gasteiger partial charge is 0.276 e.